The van der Waals surface area contributed by atoms with Crippen molar-refractivity contribution in [2.24, 2.45) is 0 Å². The lowest BCUT2D eigenvalue weighted by atomic mass is 9.94. The van der Waals surface area contributed by atoms with E-state index in [0.717, 1.165) is 18.2 Å². The number of alkyl halides is 3. The molecule has 3 rings (SSSR count). The van der Waals surface area contributed by atoms with E-state index in [-0.39, 0.29) is 26.5 Å². The Bertz CT molecular complexity index is 877. The Hall–Kier alpha value is -1.51. The van der Waals surface area contributed by atoms with Gasteiger partial charge < -0.3 is 5.32 Å². The minimum Gasteiger partial charge on any atom is -0.324 e. The predicted molar refractivity (Wildman–Crippen MR) is 99.5 cm³/mol. The van der Waals surface area contributed by atoms with Gasteiger partial charge >= 0.3 is 6.18 Å². The summed E-state index contributed by atoms with van der Waals surface area (Å²) in [7, 11) is 0. The van der Waals surface area contributed by atoms with Crippen molar-refractivity contribution in [3.63, 3.8) is 0 Å². The maximum absolute atomic E-state index is 13.3. The van der Waals surface area contributed by atoms with Gasteiger partial charge in [-0.25, -0.2) is 9.97 Å². The zero-order valence-electron chi connectivity index (χ0n) is 13.9. The highest BCUT2D eigenvalue weighted by Gasteiger charge is 2.38. The number of nitrogens with zero attached hydrogens (tertiary/aromatic N) is 2. The van der Waals surface area contributed by atoms with E-state index in [4.69, 9.17) is 23.2 Å². The van der Waals surface area contributed by atoms with Crippen LogP contribution in [0.4, 0.5) is 18.9 Å². The number of thioether (sulfide) groups is 1. The van der Waals surface area contributed by atoms with E-state index in [2.05, 4.69) is 15.3 Å². The van der Waals surface area contributed by atoms with Gasteiger partial charge in [0, 0.05) is 11.3 Å². The van der Waals surface area contributed by atoms with Crippen LogP contribution in [0.25, 0.3) is 0 Å². The highest BCUT2D eigenvalue weighted by atomic mass is 35.5. The molecule has 1 heterocycles. The second kappa shape index (κ2) is 8.24. The second-order valence-corrected chi connectivity index (χ2v) is 7.65. The lowest BCUT2D eigenvalue weighted by Crippen LogP contribution is -2.20. The van der Waals surface area contributed by atoms with Crippen LogP contribution in [-0.2, 0) is 23.8 Å². The monoisotopic (exact) mass is 435 g/mol. The Morgan fingerprint density at radius 2 is 1.93 bits per heavy atom. The van der Waals surface area contributed by atoms with E-state index in [1.807, 2.05) is 0 Å². The van der Waals surface area contributed by atoms with Crippen molar-refractivity contribution in [3.8, 4) is 0 Å². The third kappa shape index (κ3) is 4.86. The Morgan fingerprint density at radius 3 is 2.67 bits per heavy atom. The number of benzene rings is 1. The molecule has 0 bridgehead atoms. The summed E-state index contributed by atoms with van der Waals surface area (Å²) in [6.07, 6.45) is -2.26. The van der Waals surface area contributed by atoms with Gasteiger partial charge in [0.25, 0.3) is 0 Å². The maximum Gasteiger partial charge on any atom is 0.433 e. The van der Waals surface area contributed by atoms with E-state index in [9.17, 15) is 18.0 Å². The topological polar surface area (TPSA) is 54.9 Å². The normalized spacial score (nSPS) is 14.0. The number of aryl methyl sites for hydroxylation is 1. The average Bonchev–Trinajstić information content (AvgIpc) is 2.62. The Balaban J connectivity index is 1.74. The van der Waals surface area contributed by atoms with Crippen molar-refractivity contribution < 1.29 is 18.0 Å². The molecule has 0 unspecified atom stereocenters. The molecular weight excluding hydrogens is 422 g/mol. The van der Waals surface area contributed by atoms with Gasteiger partial charge in [0.1, 0.15) is 0 Å². The third-order valence-corrected chi connectivity index (χ3v) is 5.66. The first-order chi connectivity index (χ1) is 12.8. The van der Waals surface area contributed by atoms with Crippen LogP contribution in [0, 0.1) is 0 Å². The number of anilines is 1. The number of fused-ring (bicyclic) bond motifs is 1. The number of nitrogens with one attached hydrogen (secondary N) is 1. The number of halogens is 5. The quantitative estimate of drug-likeness (QED) is 0.514. The summed E-state index contributed by atoms with van der Waals surface area (Å²) in [4.78, 5) is 20.0. The van der Waals surface area contributed by atoms with Crippen molar-refractivity contribution in [3.05, 3.63) is 45.2 Å². The van der Waals surface area contributed by atoms with Crippen LogP contribution in [0.15, 0.2) is 23.4 Å². The first-order valence-corrected chi connectivity index (χ1v) is 9.83. The molecule has 1 aromatic heterocycles. The number of aromatic nitrogens is 2. The molecule has 2 aromatic rings. The molecule has 0 saturated carbocycles. The first-order valence-electron chi connectivity index (χ1n) is 8.09. The molecule has 0 spiro atoms. The van der Waals surface area contributed by atoms with Gasteiger partial charge in [0.2, 0.25) is 5.91 Å². The summed E-state index contributed by atoms with van der Waals surface area (Å²) in [5, 5.41) is 3.00. The van der Waals surface area contributed by atoms with Crippen LogP contribution in [0.5, 0.6) is 0 Å². The molecule has 0 aliphatic heterocycles. The van der Waals surface area contributed by atoms with E-state index in [0.29, 0.717) is 30.6 Å². The van der Waals surface area contributed by atoms with Crippen molar-refractivity contribution in [1.82, 2.24) is 9.97 Å². The highest BCUT2D eigenvalue weighted by molar-refractivity contribution is 7.99. The van der Waals surface area contributed by atoms with Crippen molar-refractivity contribution in [1.29, 1.82) is 0 Å². The summed E-state index contributed by atoms with van der Waals surface area (Å²) in [5.74, 6) is -0.599. The minimum absolute atomic E-state index is 0.0599. The third-order valence-electron chi connectivity index (χ3n) is 3.99. The van der Waals surface area contributed by atoms with Crippen molar-refractivity contribution >= 4 is 46.6 Å². The molecule has 4 nitrogen and oxygen atoms in total. The fourth-order valence-electron chi connectivity index (χ4n) is 2.79. The van der Waals surface area contributed by atoms with E-state index in [1.54, 1.807) is 18.2 Å². The minimum atomic E-state index is -4.55. The largest absolute Gasteiger partial charge is 0.433 e. The Labute approximate surface area is 167 Å². The first kappa shape index (κ1) is 20.2. The number of rotatable bonds is 4. The van der Waals surface area contributed by atoms with Gasteiger partial charge in [0.05, 0.1) is 21.5 Å². The lowest BCUT2D eigenvalue weighted by molar-refractivity contribution is -0.142. The van der Waals surface area contributed by atoms with Gasteiger partial charge in [-0.3, -0.25) is 4.79 Å². The van der Waals surface area contributed by atoms with Crippen LogP contribution in [0.2, 0.25) is 10.0 Å². The molecule has 10 heteroatoms. The fourth-order valence-corrected chi connectivity index (χ4v) is 3.80. The number of hydrogen-bond donors (Lipinski definition) is 1. The van der Waals surface area contributed by atoms with Gasteiger partial charge in [-0.05, 0) is 37.8 Å². The zero-order chi connectivity index (χ0) is 19.6. The predicted octanol–water partition coefficient (Wildman–Crippen LogP) is 5.41. The number of carbonyl (C=O) groups is 1. The van der Waals surface area contributed by atoms with Crippen LogP contribution < -0.4 is 5.32 Å². The van der Waals surface area contributed by atoms with Crippen LogP contribution in [0.3, 0.4) is 0 Å². The van der Waals surface area contributed by atoms with Crippen LogP contribution in [-0.4, -0.2) is 21.6 Å². The highest BCUT2D eigenvalue weighted by Crippen LogP contribution is 2.36. The van der Waals surface area contributed by atoms with Gasteiger partial charge in [-0.1, -0.05) is 41.0 Å². The van der Waals surface area contributed by atoms with Crippen LogP contribution >= 0.6 is 35.0 Å². The van der Waals surface area contributed by atoms with E-state index < -0.39 is 17.8 Å². The van der Waals surface area contributed by atoms with E-state index in [1.165, 1.54) is 0 Å². The molecule has 1 aliphatic carbocycles. The molecule has 1 aliphatic rings. The van der Waals surface area contributed by atoms with Crippen molar-refractivity contribution in [2.45, 2.75) is 37.0 Å². The molecule has 0 atom stereocenters. The molecule has 0 saturated heterocycles. The SMILES string of the molecule is O=C(CSc1nc2c(c(C(F)(F)F)n1)CCCC2)Nc1cccc(Cl)c1Cl. The average molecular weight is 436 g/mol. The second-order valence-electron chi connectivity index (χ2n) is 5.92. The molecule has 27 heavy (non-hydrogen) atoms. The maximum atomic E-state index is 13.3. The Morgan fingerprint density at radius 1 is 1.19 bits per heavy atom. The van der Waals surface area contributed by atoms with E-state index >= 15 is 0 Å². The molecule has 0 fully saturated rings. The number of amides is 1. The van der Waals surface area contributed by atoms with Gasteiger partial charge in [-0.15, -0.1) is 0 Å². The standard InChI is InChI=1S/C17H14Cl2F3N3OS/c18-10-5-3-7-12(14(10)19)23-13(26)8-27-16-24-11-6-2-1-4-9(11)15(25-16)17(20,21)22/h3,5,7H,1-2,4,6,8H2,(H,23,26). The zero-order valence-corrected chi connectivity index (χ0v) is 16.2. The molecular formula is C17H14Cl2F3N3OS. The molecule has 1 amide bonds. The molecule has 1 N–H and O–H groups in total. The fraction of sp³-hybridized carbons (Fsp3) is 0.353. The number of carbonyl (C=O) groups excluding carboxylic acids is 1. The van der Waals surface area contributed by atoms with Crippen LogP contribution in [0.1, 0.15) is 29.8 Å². The van der Waals surface area contributed by atoms with Crippen molar-refractivity contribution in [2.75, 3.05) is 11.1 Å². The summed E-state index contributed by atoms with van der Waals surface area (Å²) >= 11 is 12.7. The molecule has 144 valence electrons. The Kier molecular flexibility index (Phi) is 6.18. The molecule has 0 radical (unpaired) electrons. The van der Waals surface area contributed by atoms with Gasteiger partial charge in [0.15, 0.2) is 10.9 Å². The lowest BCUT2D eigenvalue weighted by Gasteiger charge is -2.20. The van der Waals surface area contributed by atoms with Gasteiger partial charge in [-0.2, -0.15) is 13.2 Å². The summed E-state index contributed by atoms with van der Waals surface area (Å²) in [6.45, 7) is 0. The number of hydrogen-bond acceptors (Lipinski definition) is 4. The smallest absolute Gasteiger partial charge is 0.324 e. The summed E-state index contributed by atoms with van der Waals surface area (Å²) in [6, 6.07) is 4.78. The summed E-state index contributed by atoms with van der Waals surface area (Å²) < 4.78 is 40.0. The summed E-state index contributed by atoms with van der Waals surface area (Å²) in [5.41, 5.74) is 0.0303. The molecule has 1 aromatic carbocycles.